The van der Waals surface area contributed by atoms with Crippen LogP contribution in [0, 0.1) is 5.92 Å². The number of carbonyl (C=O) groups excluding carboxylic acids is 1. The molecule has 7 nitrogen and oxygen atoms in total. The molecule has 0 aliphatic carbocycles. The summed E-state index contributed by atoms with van der Waals surface area (Å²) in [5.41, 5.74) is 6.10. The molecule has 1 aromatic rings. The van der Waals surface area contributed by atoms with Gasteiger partial charge in [-0.2, -0.15) is 0 Å². The Morgan fingerprint density at radius 1 is 1.61 bits per heavy atom. The molecule has 1 heterocycles. The van der Waals surface area contributed by atoms with E-state index in [1.54, 1.807) is 0 Å². The first kappa shape index (κ1) is 14.2. The van der Waals surface area contributed by atoms with E-state index in [0.717, 1.165) is 0 Å². The number of nitrogens with one attached hydrogen (secondary N) is 2. The van der Waals surface area contributed by atoms with E-state index in [4.69, 9.17) is 10.8 Å². The summed E-state index contributed by atoms with van der Waals surface area (Å²) in [6.07, 6.45) is 3.74. The van der Waals surface area contributed by atoms with Crippen LogP contribution in [0.5, 0.6) is 0 Å². The van der Waals surface area contributed by atoms with Crippen molar-refractivity contribution in [2.24, 2.45) is 11.7 Å². The zero-order valence-electron chi connectivity index (χ0n) is 10.2. The second kappa shape index (κ2) is 6.75. The van der Waals surface area contributed by atoms with Gasteiger partial charge in [0.25, 0.3) is 0 Å². The number of nitrogens with two attached hydrogens (primary N) is 1. The molecule has 1 aromatic heterocycles. The maximum absolute atomic E-state index is 11.8. The van der Waals surface area contributed by atoms with Crippen molar-refractivity contribution in [3.63, 3.8) is 0 Å². The Balaban J connectivity index is 2.63. The molecule has 0 saturated heterocycles. The van der Waals surface area contributed by atoms with E-state index < -0.39 is 12.0 Å². The fourth-order valence-corrected chi connectivity index (χ4v) is 1.56. The topological polar surface area (TPSA) is 121 Å². The predicted octanol–water partition coefficient (Wildman–Crippen LogP) is -0.493. The van der Waals surface area contributed by atoms with Crippen LogP contribution in [0.4, 0.5) is 0 Å². The third-order valence-corrected chi connectivity index (χ3v) is 2.74. The minimum Gasteiger partial charge on any atom is -0.480 e. The van der Waals surface area contributed by atoms with Crippen LogP contribution in [0.15, 0.2) is 12.5 Å². The number of H-pyrrole nitrogens is 1. The van der Waals surface area contributed by atoms with E-state index in [2.05, 4.69) is 15.3 Å². The SMILES string of the molecule is CCC(CN)C(=O)NC(Cc1cnc[nH]1)C(=O)O. The number of carboxylic acid groups (broad SMARTS) is 1. The molecule has 0 saturated carbocycles. The summed E-state index contributed by atoms with van der Waals surface area (Å²) in [5.74, 6) is -1.76. The lowest BCUT2D eigenvalue weighted by Crippen LogP contribution is -2.46. The summed E-state index contributed by atoms with van der Waals surface area (Å²) in [4.78, 5) is 29.5. The lowest BCUT2D eigenvalue weighted by Gasteiger charge is -2.17. The number of rotatable bonds is 7. The molecule has 0 aliphatic rings. The Bertz CT molecular complexity index is 387. The Morgan fingerprint density at radius 3 is 2.78 bits per heavy atom. The molecule has 2 atom stereocenters. The van der Waals surface area contributed by atoms with Crippen molar-refractivity contribution in [1.82, 2.24) is 15.3 Å². The number of imidazole rings is 1. The molecule has 0 spiro atoms. The predicted molar refractivity (Wildman–Crippen MR) is 64.7 cm³/mol. The normalized spacial score (nSPS) is 13.9. The van der Waals surface area contributed by atoms with Gasteiger partial charge in [-0.1, -0.05) is 6.92 Å². The molecule has 100 valence electrons. The van der Waals surface area contributed by atoms with Crippen molar-refractivity contribution in [3.8, 4) is 0 Å². The van der Waals surface area contributed by atoms with E-state index in [1.165, 1.54) is 12.5 Å². The van der Waals surface area contributed by atoms with Gasteiger partial charge >= 0.3 is 5.97 Å². The molecular formula is C11H18N4O3. The molecule has 0 radical (unpaired) electrons. The van der Waals surface area contributed by atoms with Crippen LogP contribution >= 0.6 is 0 Å². The Labute approximate surface area is 105 Å². The van der Waals surface area contributed by atoms with Gasteiger partial charge in [0.15, 0.2) is 0 Å². The maximum Gasteiger partial charge on any atom is 0.326 e. The first-order chi connectivity index (χ1) is 8.58. The molecule has 2 unspecified atom stereocenters. The standard InChI is InChI=1S/C11H18N4O3/c1-2-7(4-12)10(16)15-9(11(17)18)3-8-5-13-6-14-8/h5-7,9H,2-4,12H2,1H3,(H,13,14)(H,15,16)(H,17,18). The smallest absolute Gasteiger partial charge is 0.326 e. The van der Waals surface area contributed by atoms with Crippen LogP contribution in [0.3, 0.4) is 0 Å². The van der Waals surface area contributed by atoms with Crippen LogP contribution in [-0.4, -0.2) is 39.5 Å². The Kier molecular flexibility index (Phi) is 5.31. The Morgan fingerprint density at radius 2 is 2.33 bits per heavy atom. The van der Waals surface area contributed by atoms with Crippen LogP contribution in [0.25, 0.3) is 0 Å². The monoisotopic (exact) mass is 254 g/mol. The zero-order valence-corrected chi connectivity index (χ0v) is 10.2. The van der Waals surface area contributed by atoms with Crippen molar-refractivity contribution >= 4 is 11.9 Å². The first-order valence-corrected chi connectivity index (χ1v) is 5.79. The minimum absolute atomic E-state index is 0.169. The fraction of sp³-hybridized carbons (Fsp3) is 0.545. The van der Waals surface area contributed by atoms with Crippen molar-refractivity contribution in [2.45, 2.75) is 25.8 Å². The summed E-state index contributed by atoms with van der Waals surface area (Å²) in [6.45, 7) is 2.04. The number of aliphatic carboxylic acids is 1. The lowest BCUT2D eigenvalue weighted by molar-refractivity contribution is -0.142. The number of aromatic amines is 1. The van der Waals surface area contributed by atoms with Crippen molar-refractivity contribution in [1.29, 1.82) is 0 Å². The molecule has 5 N–H and O–H groups in total. The molecule has 0 aromatic carbocycles. The lowest BCUT2D eigenvalue weighted by atomic mass is 10.0. The van der Waals surface area contributed by atoms with Gasteiger partial charge in [-0.05, 0) is 6.42 Å². The molecule has 0 aliphatic heterocycles. The average Bonchev–Trinajstić information content (AvgIpc) is 2.82. The minimum atomic E-state index is -1.08. The van der Waals surface area contributed by atoms with Crippen LogP contribution in [-0.2, 0) is 16.0 Å². The number of carbonyl (C=O) groups is 2. The van der Waals surface area contributed by atoms with Crippen LogP contribution < -0.4 is 11.1 Å². The van der Waals surface area contributed by atoms with Gasteiger partial charge in [-0.3, -0.25) is 4.79 Å². The highest BCUT2D eigenvalue weighted by Crippen LogP contribution is 2.03. The summed E-state index contributed by atoms with van der Waals surface area (Å²) in [5, 5.41) is 11.6. The van der Waals surface area contributed by atoms with E-state index in [1.807, 2.05) is 6.92 Å². The van der Waals surface area contributed by atoms with Gasteiger partial charge in [0.05, 0.1) is 6.33 Å². The summed E-state index contributed by atoms with van der Waals surface area (Å²) < 4.78 is 0. The number of amides is 1. The third-order valence-electron chi connectivity index (χ3n) is 2.74. The molecule has 1 amide bonds. The van der Waals surface area contributed by atoms with Gasteiger partial charge in [-0.25, -0.2) is 9.78 Å². The summed E-state index contributed by atoms with van der Waals surface area (Å²) >= 11 is 0. The highest BCUT2D eigenvalue weighted by molar-refractivity contribution is 5.85. The number of nitrogens with zero attached hydrogens (tertiary/aromatic N) is 1. The van der Waals surface area contributed by atoms with Crippen molar-refractivity contribution in [3.05, 3.63) is 18.2 Å². The van der Waals surface area contributed by atoms with E-state index in [9.17, 15) is 9.59 Å². The summed E-state index contributed by atoms with van der Waals surface area (Å²) in [6, 6.07) is -0.974. The van der Waals surface area contributed by atoms with Gasteiger partial charge < -0.3 is 21.1 Å². The zero-order chi connectivity index (χ0) is 13.5. The average molecular weight is 254 g/mol. The highest BCUT2D eigenvalue weighted by Gasteiger charge is 2.24. The molecular weight excluding hydrogens is 236 g/mol. The number of hydrogen-bond acceptors (Lipinski definition) is 4. The molecule has 18 heavy (non-hydrogen) atoms. The van der Waals surface area contributed by atoms with Crippen LogP contribution in [0.1, 0.15) is 19.0 Å². The van der Waals surface area contributed by atoms with Crippen molar-refractivity contribution in [2.75, 3.05) is 6.54 Å². The van der Waals surface area contributed by atoms with Gasteiger partial charge in [0.1, 0.15) is 6.04 Å². The molecule has 0 bridgehead atoms. The molecule has 1 rings (SSSR count). The van der Waals surface area contributed by atoms with Gasteiger partial charge in [0, 0.05) is 30.8 Å². The summed E-state index contributed by atoms with van der Waals surface area (Å²) in [7, 11) is 0. The second-order valence-corrected chi connectivity index (χ2v) is 4.02. The first-order valence-electron chi connectivity index (χ1n) is 5.79. The second-order valence-electron chi connectivity index (χ2n) is 4.02. The Hall–Kier alpha value is -1.89. The number of hydrogen-bond donors (Lipinski definition) is 4. The van der Waals surface area contributed by atoms with E-state index >= 15 is 0 Å². The highest BCUT2D eigenvalue weighted by atomic mass is 16.4. The molecule has 0 fully saturated rings. The quantitative estimate of drug-likeness (QED) is 0.523. The van der Waals surface area contributed by atoms with Crippen molar-refractivity contribution < 1.29 is 14.7 Å². The number of aromatic nitrogens is 2. The van der Waals surface area contributed by atoms with Gasteiger partial charge in [0.2, 0.25) is 5.91 Å². The maximum atomic E-state index is 11.8. The van der Waals surface area contributed by atoms with Crippen LogP contribution in [0.2, 0.25) is 0 Å². The van der Waals surface area contributed by atoms with Gasteiger partial charge in [-0.15, -0.1) is 0 Å². The fourth-order valence-electron chi connectivity index (χ4n) is 1.56. The largest absolute Gasteiger partial charge is 0.480 e. The van der Waals surface area contributed by atoms with E-state index in [-0.39, 0.29) is 24.8 Å². The third kappa shape index (κ3) is 3.85. The van der Waals surface area contributed by atoms with E-state index in [0.29, 0.717) is 12.1 Å². The molecule has 7 heteroatoms. The number of carboxylic acids is 1.